The highest BCUT2D eigenvalue weighted by molar-refractivity contribution is 5.43. The monoisotopic (exact) mass is 312 g/mol. The van der Waals surface area contributed by atoms with Gasteiger partial charge in [-0.3, -0.25) is 0 Å². The Morgan fingerprint density at radius 3 is 2.96 bits per heavy atom. The van der Waals surface area contributed by atoms with Gasteiger partial charge in [-0.1, -0.05) is 0 Å². The maximum atomic E-state index is 5.13. The molecule has 0 aromatic carbocycles. The van der Waals surface area contributed by atoms with E-state index in [-0.39, 0.29) is 0 Å². The van der Waals surface area contributed by atoms with E-state index >= 15 is 0 Å². The molecule has 1 unspecified atom stereocenters. The number of anilines is 2. The SMILES string of the molecule is COc1ccnc(NC2CCN(c3cc(C4CC4)ncn3)C2)n1. The van der Waals surface area contributed by atoms with Crippen LogP contribution in [0.2, 0.25) is 0 Å². The predicted octanol–water partition coefficient (Wildman–Crippen LogP) is 1.84. The van der Waals surface area contributed by atoms with Crippen LogP contribution in [0.4, 0.5) is 11.8 Å². The molecule has 120 valence electrons. The third-order valence-electron chi connectivity index (χ3n) is 4.35. The van der Waals surface area contributed by atoms with Crippen LogP contribution < -0.4 is 15.0 Å². The van der Waals surface area contributed by atoms with Crippen molar-refractivity contribution in [2.24, 2.45) is 0 Å². The topological polar surface area (TPSA) is 76.1 Å². The maximum Gasteiger partial charge on any atom is 0.226 e. The molecule has 1 aliphatic heterocycles. The number of methoxy groups -OCH3 is 1. The van der Waals surface area contributed by atoms with Crippen LogP contribution in [0.3, 0.4) is 0 Å². The van der Waals surface area contributed by atoms with E-state index in [0.717, 1.165) is 25.3 Å². The predicted molar refractivity (Wildman–Crippen MR) is 86.8 cm³/mol. The Bertz CT molecular complexity index is 690. The Morgan fingerprint density at radius 1 is 1.22 bits per heavy atom. The van der Waals surface area contributed by atoms with Crippen molar-refractivity contribution >= 4 is 11.8 Å². The largest absolute Gasteiger partial charge is 0.481 e. The van der Waals surface area contributed by atoms with Crippen molar-refractivity contribution in [3.63, 3.8) is 0 Å². The number of hydrogen-bond donors (Lipinski definition) is 1. The molecule has 0 radical (unpaired) electrons. The van der Waals surface area contributed by atoms with Gasteiger partial charge >= 0.3 is 0 Å². The number of rotatable bonds is 5. The lowest BCUT2D eigenvalue weighted by Gasteiger charge is -2.18. The van der Waals surface area contributed by atoms with Gasteiger partial charge in [-0.25, -0.2) is 15.0 Å². The van der Waals surface area contributed by atoms with E-state index in [4.69, 9.17) is 4.74 Å². The summed E-state index contributed by atoms with van der Waals surface area (Å²) in [5, 5.41) is 3.38. The highest BCUT2D eigenvalue weighted by atomic mass is 16.5. The fourth-order valence-corrected chi connectivity index (χ4v) is 2.93. The Balaban J connectivity index is 1.41. The summed E-state index contributed by atoms with van der Waals surface area (Å²) in [5.74, 6) is 2.86. The molecular formula is C16H20N6O. The molecule has 0 amide bonds. The first-order valence-electron chi connectivity index (χ1n) is 8.02. The number of nitrogens with zero attached hydrogens (tertiary/aromatic N) is 5. The van der Waals surface area contributed by atoms with E-state index in [1.54, 1.807) is 25.7 Å². The molecule has 1 saturated carbocycles. The van der Waals surface area contributed by atoms with Crippen LogP contribution in [0.5, 0.6) is 5.88 Å². The summed E-state index contributed by atoms with van der Waals surface area (Å²) in [6.45, 7) is 1.87. The second-order valence-corrected chi connectivity index (χ2v) is 6.07. The normalized spacial score (nSPS) is 20.6. The summed E-state index contributed by atoms with van der Waals surface area (Å²) in [6.07, 6.45) is 6.94. The highest BCUT2D eigenvalue weighted by Gasteiger charge is 2.28. The lowest BCUT2D eigenvalue weighted by molar-refractivity contribution is 0.397. The van der Waals surface area contributed by atoms with Gasteiger partial charge in [-0.05, 0) is 19.3 Å². The van der Waals surface area contributed by atoms with Crippen molar-refractivity contribution in [3.8, 4) is 5.88 Å². The molecule has 2 aromatic rings. The van der Waals surface area contributed by atoms with E-state index in [1.807, 2.05) is 0 Å². The molecule has 0 bridgehead atoms. The summed E-state index contributed by atoms with van der Waals surface area (Å²) in [7, 11) is 1.61. The highest BCUT2D eigenvalue weighted by Crippen LogP contribution is 2.39. The van der Waals surface area contributed by atoms with Crippen molar-refractivity contribution in [1.82, 2.24) is 19.9 Å². The summed E-state index contributed by atoms with van der Waals surface area (Å²) < 4.78 is 5.13. The third kappa shape index (κ3) is 3.18. The van der Waals surface area contributed by atoms with Crippen LogP contribution in [-0.4, -0.2) is 46.2 Å². The summed E-state index contributed by atoms with van der Waals surface area (Å²) in [6, 6.07) is 4.19. The minimum atomic E-state index is 0.307. The fraction of sp³-hybridized carbons (Fsp3) is 0.500. The number of hydrogen-bond acceptors (Lipinski definition) is 7. The van der Waals surface area contributed by atoms with Gasteiger partial charge in [0.05, 0.1) is 7.11 Å². The lowest BCUT2D eigenvalue weighted by Crippen LogP contribution is -2.27. The van der Waals surface area contributed by atoms with E-state index in [0.29, 0.717) is 23.8 Å². The maximum absolute atomic E-state index is 5.13. The summed E-state index contributed by atoms with van der Waals surface area (Å²) in [5.41, 5.74) is 1.18. The lowest BCUT2D eigenvalue weighted by atomic mass is 10.2. The Morgan fingerprint density at radius 2 is 2.13 bits per heavy atom. The minimum Gasteiger partial charge on any atom is -0.481 e. The van der Waals surface area contributed by atoms with Gasteiger partial charge in [0.15, 0.2) is 0 Å². The van der Waals surface area contributed by atoms with Gasteiger partial charge in [0.1, 0.15) is 12.1 Å². The molecule has 1 aliphatic carbocycles. The number of nitrogens with one attached hydrogen (secondary N) is 1. The molecular weight excluding hydrogens is 292 g/mol. The van der Waals surface area contributed by atoms with Crippen molar-refractivity contribution in [2.45, 2.75) is 31.2 Å². The second-order valence-electron chi connectivity index (χ2n) is 6.07. The average molecular weight is 312 g/mol. The molecule has 1 N–H and O–H groups in total. The summed E-state index contributed by atoms with van der Waals surface area (Å²) in [4.78, 5) is 19.7. The average Bonchev–Trinajstić information content (AvgIpc) is 3.35. The molecule has 2 aliphatic rings. The number of aromatic nitrogens is 4. The first-order chi connectivity index (χ1) is 11.3. The molecule has 1 atom stereocenters. The summed E-state index contributed by atoms with van der Waals surface area (Å²) >= 11 is 0. The fourth-order valence-electron chi connectivity index (χ4n) is 2.93. The zero-order valence-corrected chi connectivity index (χ0v) is 13.1. The van der Waals surface area contributed by atoms with Crippen LogP contribution in [0.1, 0.15) is 30.9 Å². The van der Waals surface area contributed by atoms with Gasteiger partial charge < -0.3 is 15.0 Å². The van der Waals surface area contributed by atoms with Crippen molar-refractivity contribution < 1.29 is 4.74 Å². The molecule has 7 nitrogen and oxygen atoms in total. The van der Waals surface area contributed by atoms with Gasteiger partial charge in [0, 0.05) is 49.1 Å². The zero-order valence-electron chi connectivity index (χ0n) is 13.1. The van der Waals surface area contributed by atoms with Gasteiger partial charge in [-0.15, -0.1) is 0 Å². The van der Waals surface area contributed by atoms with Crippen LogP contribution in [-0.2, 0) is 0 Å². The van der Waals surface area contributed by atoms with Crippen molar-refractivity contribution in [1.29, 1.82) is 0 Å². The molecule has 2 fully saturated rings. The Hall–Kier alpha value is -2.44. The van der Waals surface area contributed by atoms with Crippen LogP contribution >= 0.6 is 0 Å². The third-order valence-corrected chi connectivity index (χ3v) is 4.35. The van der Waals surface area contributed by atoms with E-state index in [1.165, 1.54) is 18.5 Å². The molecule has 2 aromatic heterocycles. The first kappa shape index (κ1) is 14.2. The van der Waals surface area contributed by atoms with Gasteiger partial charge in [0.2, 0.25) is 11.8 Å². The molecule has 0 spiro atoms. The standard InChI is InChI=1S/C16H20N6O/c1-23-15-4-6-17-16(21-15)20-12-5-7-22(9-12)14-8-13(11-2-3-11)18-10-19-14/h4,6,8,10-12H,2-3,5,7,9H2,1H3,(H,17,20,21). The quantitative estimate of drug-likeness (QED) is 0.902. The molecule has 23 heavy (non-hydrogen) atoms. The van der Waals surface area contributed by atoms with Gasteiger partial charge in [0.25, 0.3) is 0 Å². The zero-order chi connectivity index (χ0) is 15.6. The first-order valence-corrected chi connectivity index (χ1v) is 8.02. The van der Waals surface area contributed by atoms with Crippen LogP contribution in [0, 0.1) is 0 Å². The second kappa shape index (κ2) is 5.98. The molecule has 7 heteroatoms. The van der Waals surface area contributed by atoms with E-state index in [9.17, 15) is 0 Å². The van der Waals surface area contributed by atoms with Crippen LogP contribution in [0.15, 0.2) is 24.7 Å². The van der Waals surface area contributed by atoms with E-state index < -0.39 is 0 Å². The van der Waals surface area contributed by atoms with Crippen molar-refractivity contribution in [3.05, 3.63) is 30.4 Å². The smallest absolute Gasteiger partial charge is 0.226 e. The minimum absolute atomic E-state index is 0.307. The Labute approximate surface area is 135 Å². The molecule has 3 heterocycles. The molecule has 4 rings (SSSR count). The van der Waals surface area contributed by atoms with Gasteiger partial charge in [-0.2, -0.15) is 4.98 Å². The van der Waals surface area contributed by atoms with E-state index in [2.05, 4.69) is 36.2 Å². The molecule has 1 saturated heterocycles. The number of ether oxygens (including phenoxy) is 1. The van der Waals surface area contributed by atoms with Crippen molar-refractivity contribution in [2.75, 3.05) is 30.4 Å². The van der Waals surface area contributed by atoms with Crippen LogP contribution in [0.25, 0.3) is 0 Å². The Kier molecular flexibility index (Phi) is 3.69.